The molecular weight excluding hydrogens is 298 g/mol. The molecule has 2 amide bonds. The minimum Gasteiger partial charge on any atom is -0.322 e. The molecule has 126 valence electrons. The number of piperazine rings is 1. The van der Waals surface area contributed by atoms with E-state index in [0.717, 1.165) is 31.9 Å². The SMILES string of the molecule is Cc1ccc(NC(=O)N2CCN(C(C)c3ccccc3)CC2)cc1. The molecule has 1 unspecified atom stereocenters. The van der Waals surface area contributed by atoms with Gasteiger partial charge in [0.1, 0.15) is 0 Å². The number of urea groups is 1. The number of carbonyl (C=O) groups excluding carboxylic acids is 1. The Morgan fingerprint density at radius 3 is 2.21 bits per heavy atom. The van der Waals surface area contributed by atoms with Crippen molar-refractivity contribution in [1.82, 2.24) is 9.80 Å². The summed E-state index contributed by atoms with van der Waals surface area (Å²) in [7, 11) is 0. The maximum Gasteiger partial charge on any atom is 0.321 e. The first-order chi connectivity index (χ1) is 11.6. The Morgan fingerprint density at radius 2 is 1.58 bits per heavy atom. The van der Waals surface area contributed by atoms with Gasteiger partial charge in [0.05, 0.1) is 0 Å². The smallest absolute Gasteiger partial charge is 0.321 e. The highest BCUT2D eigenvalue weighted by molar-refractivity contribution is 5.89. The molecule has 3 rings (SSSR count). The second-order valence-electron chi connectivity index (χ2n) is 6.41. The Kier molecular flexibility index (Phi) is 5.16. The van der Waals surface area contributed by atoms with Crippen molar-refractivity contribution >= 4 is 11.7 Å². The molecule has 0 radical (unpaired) electrons. The molecule has 0 saturated carbocycles. The largest absolute Gasteiger partial charge is 0.322 e. The van der Waals surface area contributed by atoms with Crippen molar-refractivity contribution in [2.45, 2.75) is 19.9 Å². The van der Waals surface area contributed by atoms with E-state index in [1.807, 2.05) is 42.2 Å². The summed E-state index contributed by atoms with van der Waals surface area (Å²) in [6.45, 7) is 7.59. The first-order valence-corrected chi connectivity index (χ1v) is 8.55. The molecule has 4 heteroatoms. The molecule has 1 saturated heterocycles. The molecule has 0 aromatic heterocycles. The fraction of sp³-hybridized carbons (Fsp3) is 0.350. The first kappa shape index (κ1) is 16.5. The number of amides is 2. The van der Waals surface area contributed by atoms with Gasteiger partial charge in [0.15, 0.2) is 0 Å². The molecular formula is C20H25N3O. The molecule has 1 fully saturated rings. The van der Waals surface area contributed by atoms with Crippen LogP contribution in [0.5, 0.6) is 0 Å². The molecule has 0 spiro atoms. The van der Waals surface area contributed by atoms with E-state index in [9.17, 15) is 4.79 Å². The van der Waals surface area contributed by atoms with Crippen LogP contribution < -0.4 is 5.32 Å². The Balaban J connectivity index is 1.53. The van der Waals surface area contributed by atoms with Gasteiger partial charge in [-0.05, 0) is 31.5 Å². The highest BCUT2D eigenvalue weighted by atomic mass is 16.2. The maximum atomic E-state index is 12.4. The van der Waals surface area contributed by atoms with E-state index >= 15 is 0 Å². The van der Waals surface area contributed by atoms with Gasteiger partial charge in [-0.25, -0.2) is 4.79 Å². The zero-order valence-corrected chi connectivity index (χ0v) is 14.4. The fourth-order valence-electron chi connectivity index (χ4n) is 3.09. The molecule has 2 aromatic rings. The number of nitrogens with one attached hydrogen (secondary N) is 1. The van der Waals surface area contributed by atoms with Crippen molar-refractivity contribution in [2.24, 2.45) is 0 Å². The van der Waals surface area contributed by atoms with Crippen LogP contribution in [0.2, 0.25) is 0 Å². The number of nitrogens with zero attached hydrogens (tertiary/aromatic N) is 2. The number of carbonyl (C=O) groups is 1. The van der Waals surface area contributed by atoms with Crippen LogP contribution in [0.1, 0.15) is 24.1 Å². The molecule has 0 bridgehead atoms. The lowest BCUT2D eigenvalue weighted by Gasteiger charge is -2.38. The third kappa shape index (κ3) is 3.95. The van der Waals surface area contributed by atoms with Crippen molar-refractivity contribution in [3.05, 3.63) is 65.7 Å². The van der Waals surface area contributed by atoms with Crippen LogP contribution in [-0.2, 0) is 0 Å². The van der Waals surface area contributed by atoms with Crippen LogP contribution in [0.4, 0.5) is 10.5 Å². The van der Waals surface area contributed by atoms with Gasteiger partial charge < -0.3 is 10.2 Å². The van der Waals surface area contributed by atoms with E-state index in [4.69, 9.17) is 0 Å². The topological polar surface area (TPSA) is 35.6 Å². The summed E-state index contributed by atoms with van der Waals surface area (Å²) in [6, 6.07) is 18.8. The van der Waals surface area contributed by atoms with Gasteiger partial charge in [-0.1, -0.05) is 48.0 Å². The molecule has 4 nitrogen and oxygen atoms in total. The van der Waals surface area contributed by atoms with Crippen LogP contribution in [-0.4, -0.2) is 42.0 Å². The summed E-state index contributed by atoms with van der Waals surface area (Å²) in [6.07, 6.45) is 0. The number of hydrogen-bond donors (Lipinski definition) is 1. The second-order valence-corrected chi connectivity index (χ2v) is 6.41. The zero-order valence-electron chi connectivity index (χ0n) is 14.4. The molecule has 1 aliphatic rings. The minimum atomic E-state index is -0.00846. The highest BCUT2D eigenvalue weighted by Gasteiger charge is 2.24. The van der Waals surface area contributed by atoms with Gasteiger partial charge in [-0.15, -0.1) is 0 Å². The van der Waals surface area contributed by atoms with Crippen LogP contribution in [0, 0.1) is 6.92 Å². The van der Waals surface area contributed by atoms with Crippen LogP contribution in [0.3, 0.4) is 0 Å². The minimum absolute atomic E-state index is 0.00846. The Hall–Kier alpha value is -2.33. The highest BCUT2D eigenvalue weighted by Crippen LogP contribution is 2.21. The summed E-state index contributed by atoms with van der Waals surface area (Å²) in [5.74, 6) is 0. The summed E-state index contributed by atoms with van der Waals surface area (Å²) >= 11 is 0. The van der Waals surface area contributed by atoms with Gasteiger partial charge in [0, 0.05) is 37.9 Å². The van der Waals surface area contributed by atoms with Gasteiger partial charge in [0.2, 0.25) is 0 Å². The number of aryl methyl sites for hydroxylation is 1. The van der Waals surface area contributed by atoms with E-state index in [0.29, 0.717) is 6.04 Å². The average Bonchev–Trinajstić information content (AvgIpc) is 2.64. The predicted molar refractivity (Wildman–Crippen MR) is 98.2 cm³/mol. The van der Waals surface area contributed by atoms with Crippen LogP contribution in [0.15, 0.2) is 54.6 Å². The maximum absolute atomic E-state index is 12.4. The Morgan fingerprint density at radius 1 is 0.958 bits per heavy atom. The molecule has 1 N–H and O–H groups in total. The fourth-order valence-corrected chi connectivity index (χ4v) is 3.09. The quantitative estimate of drug-likeness (QED) is 0.929. The lowest BCUT2D eigenvalue weighted by molar-refractivity contribution is 0.119. The van der Waals surface area contributed by atoms with Gasteiger partial charge in [-0.3, -0.25) is 4.90 Å². The molecule has 0 aliphatic carbocycles. The standard InChI is InChI=1S/C20H25N3O/c1-16-8-10-19(11-9-16)21-20(24)23-14-12-22(13-15-23)17(2)18-6-4-3-5-7-18/h3-11,17H,12-15H2,1-2H3,(H,21,24). The third-order valence-electron chi connectivity index (χ3n) is 4.73. The van der Waals surface area contributed by atoms with Gasteiger partial charge in [-0.2, -0.15) is 0 Å². The lowest BCUT2D eigenvalue weighted by atomic mass is 10.1. The van der Waals surface area contributed by atoms with E-state index in [1.165, 1.54) is 11.1 Å². The second kappa shape index (κ2) is 7.49. The van der Waals surface area contributed by atoms with E-state index < -0.39 is 0 Å². The van der Waals surface area contributed by atoms with E-state index in [2.05, 4.69) is 41.4 Å². The summed E-state index contributed by atoms with van der Waals surface area (Å²) < 4.78 is 0. The third-order valence-corrected chi connectivity index (χ3v) is 4.73. The zero-order chi connectivity index (χ0) is 16.9. The van der Waals surface area contributed by atoms with Crippen LogP contribution in [0.25, 0.3) is 0 Å². The number of benzene rings is 2. The number of hydrogen-bond acceptors (Lipinski definition) is 2. The normalized spacial score (nSPS) is 16.7. The predicted octanol–water partition coefficient (Wildman–Crippen LogP) is 3.91. The van der Waals surface area contributed by atoms with Gasteiger partial charge in [0.25, 0.3) is 0 Å². The lowest BCUT2D eigenvalue weighted by Crippen LogP contribution is -2.50. The van der Waals surface area contributed by atoms with Crippen molar-refractivity contribution < 1.29 is 4.79 Å². The van der Waals surface area contributed by atoms with Crippen molar-refractivity contribution in [1.29, 1.82) is 0 Å². The Bertz CT molecular complexity index is 661. The Labute approximate surface area is 144 Å². The molecule has 1 atom stereocenters. The van der Waals surface area contributed by atoms with E-state index in [-0.39, 0.29) is 6.03 Å². The molecule has 1 heterocycles. The molecule has 24 heavy (non-hydrogen) atoms. The monoisotopic (exact) mass is 323 g/mol. The summed E-state index contributed by atoms with van der Waals surface area (Å²) in [5.41, 5.74) is 3.37. The average molecular weight is 323 g/mol. The first-order valence-electron chi connectivity index (χ1n) is 8.55. The van der Waals surface area contributed by atoms with Crippen molar-refractivity contribution in [2.75, 3.05) is 31.5 Å². The van der Waals surface area contributed by atoms with Crippen molar-refractivity contribution in [3.8, 4) is 0 Å². The van der Waals surface area contributed by atoms with Crippen molar-refractivity contribution in [3.63, 3.8) is 0 Å². The summed E-state index contributed by atoms with van der Waals surface area (Å²) in [5, 5.41) is 2.98. The van der Waals surface area contributed by atoms with Crippen LogP contribution >= 0.6 is 0 Å². The number of rotatable bonds is 3. The number of anilines is 1. The van der Waals surface area contributed by atoms with Gasteiger partial charge >= 0.3 is 6.03 Å². The molecule has 1 aliphatic heterocycles. The molecule has 2 aromatic carbocycles. The summed E-state index contributed by atoms with van der Waals surface area (Å²) in [4.78, 5) is 16.7. The van der Waals surface area contributed by atoms with E-state index in [1.54, 1.807) is 0 Å².